The van der Waals surface area contributed by atoms with Crippen LogP contribution in [0.2, 0.25) is 5.02 Å². The van der Waals surface area contributed by atoms with E-state index in [0.717, 1.165) is 22.3 Å². The second-order valence-corrected chi connectivity index (χ2v) is 6.85. The van der Waals surface area contributed by atoms with Crippen LogP contribution in [0.15, 0.2) is 65.0 Å². The van der Waals surface area contributed by atoms with Crippen molar-refractivity contribution < 1.29 is 0 Å². The van der Waals surface area contributed by atoms with Crippen LogP contribution in [0.5, 0.6) is 0 Å². The first-order valence-electron chi connectivity index (χ1n) is 7.46. The Hall–Kier alpha value is -2.43. The molecular formula is C19H13ClN2OS. The number of nitrogens with zero attached hydrogens (tertiary/aromatic N) is 2. The molecule has 0 radical (unpaired) electrons. The van der Waals surface area contributed by atoms with E-state index < -0.39 is 0 Å². The second-order valence-electron chi connectivity index (χ2n) is 5.54. The van der Waals surface area contributed by atoms with Gasteiger partial charge in [0.15, 0.2) is 0 Å². The van der Waals surface area contributed by atoms with Gasteiger partial charge in [-0.2, -0.15) is 0 Å². The molecule has 24 heavy (non-hydrogen) atoms. The lowest BCUT2D eigenvalue weighted by Gasteiger charge is -2.06. The average molecular weight is 353 g/mol. The lowest BCUT2D eigenvalue weighted by Crippen LogP contribution is -2.17. The first kappa shape index (κ1) is 15.1. The van der Waals surface area contributed by atoms with E-state index in [1.165, 1.54) is 16.9 Å². The molecule has 0 atom stereocenters. The lowest BCUT2D eigenvalue weighted by molar-refractivity contribution is 0.967. The lowest BCUT2D eigenvalue weighted by atomic mass is 10.0. The molecular weight excluding hydrogens is 340 g/mol. The monoisotopic (exact) mass is 352 g/mol. The summed E-state index contributed by atoms with van der Waals surface area (Å²) >= 11 is 7.35. The maximum Gasteiger partial charge on any atom is 0.275 e. The fourth-order valence-electron chi connectivity index (χ4n) is 2.76. The van der Waals surface area contributed by atoms with Gasteiger partial charge in [0.05, 0.1) is 11.2 Å². The maximum atomic E-state index is 12.8. The molecule has 0 amide bonds. The third-order valence-electron chi connectivity index (χ3n) is 4.02. The molecule has 0 aliphatic carbocycles. The highest BCUT2D eigenvalue weighted by atomic mass is 35.5. The molecule has 2 aromatic heterocycles. The van der Waals surface area contributed by atoms with Gasteiger partial charge in [-0.25, -0.2) is 4.98 Å². The number of hydrogen-bond donors (Lipinski definition) is 0. The molecule has 4 aromatic rings. The van der Waals surface area contributed by atoms with Crippen LogP contribution in [0.25, 0.3) is 27.0 Å². The van der Waals surface area contributed by atoms with Crippen molar-refractivity contribution in [2.24, 2.45) is 0 Å². The fourth-order valence-corrected chi connectivity index (χ4v) is 3.83. The van der Waals surface area contributed by atoms with Crippen LogP contribution in [-0.4, -0.2) is 9.55 Å². The van der Waals surface area contributed by atoms with Gasteiger partial charge in [0.25, 0.3) is 5.56 Å². The van der Waals surface area contributed by atoms with Crippen LogP contribution in [0, 0.1) is 6.92 Å². The van der Waals surface area contributed by atoms with E-state index in [9.17, 15) is 4.79 Å². The Labute approximate surface area is 147 Å². The van der Waals surface area contributed by atoms with Gasteiger partial charge in [0.2, 0.25) is 0 Å². The summed E-state index contributed by atoms with van der Waals surface area (Å²) in [5.74, 6) is 0. The number of rotatable bonds is 2. The molecule has 0 aliphatic heterocycles. The van der Waals surface area contributed by atoms with Crippen molar-refractivity contribution in [1.29, 1.82) is 0 Å². The molecule has 2 aromatic carbocycles. The zero-order valence-corrected chi connectivity index (χ0v) is 14.4. The highest BCUT2D eigenvalue weighted by Crippen LogP contribution is 2.32. The van der Waals surface area contributed by atoms with Gasteiger partial charge in [-0.05, 0) is 42.3 Å². The topological polar surface area (TPSA) is 34.9 Å². The van der Waals surface area contributed by atoms with E-state index in [2.05, 4.69) is 24.0 Å². The van der Waals surface area contributed by atoms with E-state index in [1.807, 2.05) is 29.6 Å². The van der Waals surface area contributed by atoms with Crippen molar-refractivity contribution >= 4 is 33.2 Å². The molecule has 0 aliphatic rings. The second kappa shape index (κ2) is 5.89. The van der Waals surface area contributed by atoms with Crippen molar-refractivity contribution in [2.75, 3.05) is 0 Å². The first-order chi connectivity index (χ1) is 11.6. The number of hydrogen-bond acceptors (Lipinski definition) is 3. The van der Waals surface area contributed by atoms with E-state index in [0.29, 0.717) is 9.72 Å². The van der Waals surface area contributed by atoms with Crippen LogP contribution in [0.4, 0.5) is 0 Å². The zero-order chi connectivity index (χ0) is 16.7. The summed E-state index contributed by atoms with van der Waals surface area (Å²) in [4.78, 5) is 17.4. The molecule has 0 spiro atoms. The molecule has 0 unspecified atom stereocenters. The van der Waals surface area contributed by atoms with Crippen LogP contribution in [0.1, 0.15) is 5.56 Å². The standard InChI is InChI=1S/C19H13ClN2OS/c1-12-4-2-3-5-15(12)16-10-24-18-17(16)21-11-22(19(18)23)14-8-6-13(20)7-9-14/h2-11H,1H3. The summed E-state index contributed by atoms with van der Waals surface area (Å²) in [6.07, 6.45) is 1.59. The maximum absolute atomic E-state index is 12.8. The zero-order valence-electron chi connectivity index (χ0n) is 12.9. The van der Waals surface area contributed by atoms with Crippen molar-refractivity contribution in [2.45, 2.75) is 6.92 Å². The number of fused-ring (bicyclic) bond motifs is 1. The van der Waals surface area contributed by atoms with Gasteiger partial charge in [-0.1, -0.05) is 35.9 Å². The molecule has 2 heterocycles. The summed E-state index contributed by atoms with van der Waals surface area (Å²) in [5.41, 5.74) is 4.73. The molecule has 3 nitrogen and oxygen atoms in total. The molecule has 4 rings (SSSR count). The Morgan fingerprint density at radius 3 is 2.54 bits per heavy atom. The molecule has 0 N–H and O–H groups in total. The van der Waals surface area contributed by atoms with Gasteiger partial charge in [0.1, 0.15) is 11.0 Å². The predicted molar refractivity (Wildman–Crippen MR) is 100 cm³/mol. The van der Waals surface area contributed by atoms with Crippen LogP contribution in [0.3, 0.4) is 0 Å². The SMILES string of the molecule is Cc1ccccc1-c1csc2c(=O)n(-c3ccc(Cl)cc3)cnc12. The van der Waals surface area contributed by atoms with Gasteiger partial charge in [-0.3, -0.25) is 9.36 Å². The summed E-state index contributed by atoms with van der Waals surface area (Å²) < 4.78 is 2.21. The highest BCUT2D eigenvalue weighted by molar-refractivity contribution is 7.17. The third-order valence-corrected chi connectivity index (χ3v) is 5.23. The molecule has 5 heteroatoms. The summed E-state index contributed by atoms with van der Waals surface area (Å²) in [6, 6.07) is 15.3. The summed E-state index contributed by atoms with van der Waals surface area (Å²) in [6.45, 7) is 2.06. The van der Waals surface area contributed by atoms with Gasteiger partial charge >= 0.3 is 0 Å². The summed E-state index contributed by atoms with van der Waals surface area (Å²) in [7, 11) is 0. The minimum Gasteiger partial charge on any atom is -0.267 e. The van der Waals surface area contributed by atoms with Crippen molar-refractivity contribution in [3.8, 4) is 16.8 Å². The van der Waals surface area contributed by atoms with Gasteiger partial charge in [0, 0.05) is 16.0 Å². The average Bonchev–Trinajstić information content (AvgIpc) is 3.01. The predicted octanol–water partition coefficient (Wildman–Crippen LogP) is 5.08. The van der Waals surface area contributed by atoms with Crippen LogP contribution >= 0.6 is 22.9 Å². The van der Waals surface area contributed by atoms with E-state index in [1.54, 1.807) is 23.0 Å². The normalized spacial score (nSPS) is 11.1. The Morgan fingerprint density at radius 2 is 1.79 bits per heavy atom. The minimum atomic E-state index is -0.0628. The van der Waals surface area contributed by atoms with Gasteiger partial charge in [-0.15, -0.1) is 11.3 Å². The molecule has 0 saturated heterocycles. The van der Waals surface area contributed by atoms with Crippen molar-refractivity contribution in [1.82, 2.24) is 9.55 Å². The smallest absolute Gasteiger partial charge is 0.267 e. The summed E-state index contributed by atoms with van der Waals surface area (Å²) in [5, 5.41) is 2.65. The van der Waals surface area contributed by atoms with Gasteiger partial charge < -0.3 is 0 Å². The number of aryl methyl sites for hydroxylation is 1. The fraction of sp³-hybridized carbons (Fsp3) is 0.0526. The Kier molecular flexibility index (Phi) is 3.71. The number of benzene rings is 2. The quantitative estimate of drug-likeness (QED) is 0.504. The minimum absolute atomic E-state index is 0.0628. The van der Waals surface area contributed by atoms with E-state index >= 15 is 0 Å². The Morgan fingerprint density at radius 1 is 1.04 bits per heavy atom. The molecule has 0 fully saturated rings. The third kappa shape index (κ3) is 2.44. The van der Waals surface area contributed by atoms with Crippen LogP contribution < -0.4 is 5.56 Å². The number of thiophene rings is 1. The van der Waals surface area contributed by atoms with Crippen molar-refractivity contribution in [3.63, 3.8) is 0 Å². The Bertz CT molecular complexity index is 1100. The van der Waals surface area contributed by atoms with Crippen LogP contribution in [-0.2, 0) is 0 Å². The largest absolute Gasteiger partial charge is 0.275 e. The number of halogens is 1. The molecule has 118 valence electrons. The molecule has 0 saturated carbocycles. The first-order valence-corrected chi connectivity index (χ1v) is 8.72. The van der Waals surface area contributed by atoms with Crippen molar-refractivity contribution in [3.05, 3.63) is 81.2 Å². The molecule has 0 bridgehead atoms. The number of aromatic nitrogens is 2. The highest BCUT2D eigenvalue weighted by Gasteiger charge is 2.14. The van der Waals surface area contributed by atoms with E-state index in [4.69, 9.17) is 11.6 Å². The van der Waals surface area contributed by atoms with E-state index in [-0.39, 0.29) is 5.56 Å². The Balaban J connectivity index is 1.92.